The standard InChI is InChI=1S/C17H29NO2/c1-4-5-11-18-12-7-9-16(3)15(2)8-6-10-17(16,18)20-14(19)13-15/h4-13H2,1-3H3/t15-,16+,17-/m1/s1. The maximum atomic E-state index is 12.2. The maximum Gasteiger partial charge on any atom is 0.308 e. The highest BCUT2D eigenvalue weighted by molar-refractivity contribution is 5.72. The molecule has 1 saturated carbocycles. The first-order chi connectivity index (χ1) is 9.47. The van der Waals surface area contributed by atoms with Gasteiger partial charge in [0.2, 0.25) is 0 Å². The monoisotopic (exact) mass is 279 g/mol. The second-order valence-electron chi connectivity index (χ2n) is 7.63. The fourth-order valence-corrected chi connectivity index (χ4v) is 5.25. The van der Waals surface area contributed by atoms with Gasteiger partial charge in [0.05, 0.1) is 6.42 Å². The first kappa shape index (κ1) is 14.4. The zero-order chi connectivity index (χ0) is 14.4. The lowest BCUT2D eigenvalue weighted by molar-refractivity contribution is -0.307. The quantitative estimate of drug-likeness (QED) is 0.737. The number of ether oxygens (including phenoxy) is 1. The van der Waals surface area contributed by atoms with Crippen LogP contribution in [0.25, 0.3) is 0 Å². The summed E-state index contributed by atoms with van der Waals surface area (Å²) in [6.45, 7) is 9.15. The van der Waals surface area contributed by atoms with E-state index in [1.807, 2.05) is 0 Å². The summed E-state index contributed by atoms with van der Waals surface area (Å²) >= 11 is 0. The molecule has 20 heavy (non-hydrogen) atoms. The molecule has 0 spiro atoms. The topological polar surface area (TPSA) is 29.5 Å². The van der Waals surface area contributed by atoms with Crippen LogP contribution in [0, 0.1) is 10.8 Å². The minimum absolute atomic E-state index is 0.0353. The molecule has 3 aliphatic rings. The van der Waals surface area contributed by atoms with E-state index in [0.717, 1.165) is 19.5 Å². The van der Waals surface area contributed by atoms with E-state index in [-0.39, 0.29) is 22.5 Å². The molecule has 0 radical (unpaired) electrons. The first-order valence-corrected chi connectivity index (χ1v) is 8.44. The summed E-state index contributed by atoms with van der Waals surface area (Å²) in [5.41, 5.74) is -0.0353. The molecule has 0 aromatic heterocycles. The minimum atomic E-state index is -0.303. The van der Waals surface area contributed by atoms with Gasteiger partial charge in [-0.1, -0.05) is 27.2 Å². The number of carbonyl (C=O) groups is 1. The van der Waals surface area contributed by atoms with E-state index in [1.54, 1.807) is 0 Å². The van der Waals surface area contributed by atoms with Crippen molar-refractivity contribution in [1.29, 1.82) is 0 Å². The van der Waals surface area contributed by atoms with Crippen LogP contribution in [0.1, 0.15) is 72.1 Å². The predicted octanol–water partition coefficient (Wildman–Crippen LogP) is 3.72. The molecule has 3 atom stereocenters. The molecule has 0 amide bonds. The molecule has 114 valence electrons. The molecule has 0 aromatic carbocycles. The van der Waals surface area contributed by atoms with Gasteiger partial charge in [0.25, 0.3) is 0 Å². The van der Waals surface area contributed by atoms with Crippen LogP contribution in [0.5, 0.6) is 0 Å². The van der Waals surface area contributed by atoms with Crippen LogP contribution in [0.15, 0.2) is 0 Å². The zero-order valence-electron chi connectivity index (χ0n) is 13.3. The second-order valence-corrected chi connectivity index (χ2v) is 7.63. The maximum absolute atomic E-state index is 12.2. The molecule has 3 fully saturated rings. The molecule has 3 heteroatoms. The molecule has 2 saturated heterocycles. The molecule has 3 rings (SSSR count). The molecular weight excluding hydrogens is 250 g/mol. The Bertz CT molecular complexity index is 410. The highest BCUT2D eigenvalue weighted by Crippen LogP contribution is 2.66. The fraction of sp³-hybridized carbons (Fsp3) is 0.941. The summed E-state index contributed by atoms with van der Waals surface area (Å²) in [4.78, 5) is 14.8. The summed E-state index contributed by atoms with van der Waals surface area (Å²) in [6, 6.07) is 0. The third-order valence-electron chi connectivity index (χ3n) is 6.65. The van der Waals surface area contributed by atoms with E-state index >= 15 is 0 Å². The molecule has 2 bridgehead atoms. The van der Waals surface area contributed by atoms with Crippen LogP contribution in [-0.4, -0.2) is 29.7 Å². The Hall–Kier alpha value is -0.570. The smallest absolute Gasteiger partial charge is 0.308 e. The van der Waals surface area contributed by atoms with E-state index in [4.69, 9.17) is 4.74 Å². The molecule has 1 aliphatic carbocycles. The number of nitrogens with zero attached hydrogens (tertiary/aromatic N) is 1. The van der Waals surface area contributed by atoms with Crippen molar-refractivity contribution < 1.29 is 9.53 Å². The van der Waals surface area contributed by atoms with E-state index in [2.05, 4.69) is 25.7 Å². The van der Waals surface area contributed by atoms with Crippen molar-refractivity contribution >= 4 is 5.97 Å². The van der Waals surface area contributed by atoms with Crippen LogP contribution >= 0.6 is 0 Å². The van der Waals surface area contributed by atoms with Crippen LogP contribution in [0.4, 0.5) is 0 Å². The number of hydrogen-bond acceptors (Lipinski definition) is 3. The normalized spacial score (nSPS) is 44.9. The van der Waals surface area contributed by atoms with Gasteiger partial charge >= 0.3 is 5.97 Å². The van der Waals surface area contributed by atoms with Gasteiger partial charge in [-0.2, -0.15) is 0 Å². The summed E-state index contributed by atoms with van der Waals surface area (Å²) in [5, 5.41) is 0. The number of rotatable bonds is 3. The van der Waals surface area contributed by atoms with Gasteiger partial charge in [-0.25, -0.2) is 0 Å². The van der Waals surface area contributed by atoms with Crippen LogP contribution < -0.4 is 0 Å². The lowest BCUT2D eigenvalue weighted by Crippen LogP contribution is -2.73. The molecular formula is C17H29NO2. The van der Waals surface area contributed by atoms with Gasteiger partial charge in [0, 0.05) is 24.9 Å². The van der Waals surface area contributed by atoms with Crippen molar-refractivity contribution in [3.8, 4) is 0 Å². The largest absolute Gasteiger partial charge is 0.443 e. The van der Waals surface area contributed by atoms with Crippen LogP contribution in [0.3, 0.4) is 0 Å². The highest BCUT2D eigenvalue weighted by atomic mass is 16.6. The average molecular weight is 279 g/mol. The van der Waals surface area contributed by atoms with Gasteiger partial charge in [-0.15, -0.1) is 0 Å². The summed E-state index contributed by atoms with van der Waals surface area (Å²) in [5.74, 6) is 0.0353. The van der Waals surface area contributed by atoms with Gasteiger partial charge in [-0.3, -0.25) is 9.69 Å². The molecule has 2 heterocycles. The Morgan fingerprint density at radius 2 is 2.00 bits per heavy atom. The van der Waals surface area contributed by atoms with Crippen molar-refractivity contribution in [2.24, 2.45) is 10.8 Å². The predicted molar refractivity (Wildman–Crippen MR) is 79.2 cm³/mol. The number of carbonyl (C=O) groups excluding carboxylic acids is 1. The van der Waals surface area contributed by atoms with Gasteiger partial charge in [0.15, 0.2) is 5.72 Å². The van der Waals surface area contributed by atoms with Crippen LogP contribution in [0.2, 0.25) is 0 Å². The molecule has 0 unspecified atom stereocenters. The van der Waals surface area contributed by atoms with Crippen molar-refractivity contribution in [3.05, 3.63) is 0 Å². The summed E-state index contributed by atoms with van der Waals surface area (Å²) < 4.78 is 6.11. The van der Waals surface area contributed by atoms with Crippen molar-refractivity contribution in [3.63, 3.8) is 0 Å². The molecule has 2 aliphatic heterocycles. The van der Waals surface area contributed by atoms with Crippen molar-refractivity contribution in [1.82, 2.24) is 4.90 Å². The number of unbranched alkanes of at least 4 members (excludes halogenated alkanes) is 1. The lowest BCUT2D eigenvalue weighted by Gasteiger charge is -2.68. The first-order valence-electron chi connectivity index (χ1n) is 8.44. The summed E-state index contributed by atoms with van der Waals surface area (Å²) in [7, 11) is 0. The minimum Gasteiger partial charge on any atom is -0.443 e. The van der Waals surface area contributed by atoms with Gasteiger partial charge in [0.1, 0.15) is 0 Å². The fourth-order valence-electron chi connectivity index (χ4n) is 5.25. The SMILES string of the molecule is CCCCN1CCC[C@@]2(C)[C@]3(C)CCC[C@]12OC(=O)C3. The van der Waals surface area contributed by atoms with E-state index in [0.29, 0.717) is 6.42 Å². The number of esters is 1. The Balaban J connectivity index is 2.01. The average Bonchev–Trinajstić information content (AvgIpc) is 2.37. The second kappa shape index (κ2) is 4.72. The number of hydrogen-bond donors (Lipinski definition) is 0. The molecule has 3 nitrogen and oxygen atoms in total. The number of piperidine rings is 1. The Morgan fingerprint density at radius 1 is 1.20 bits per heavy atom. The third-order valence-corrected chi connectivity index (χ3v) is 6.65. The van der Waals surface area contributed by atoms with Crippen molar-refractivity contribution in [2.75, 3.05) is 13.1 Å². The zero-order valence-corrected chi connectivity index (χ0v) is 13.3. The van der Waals surface area contributed by atoms with Gasteiger partial charge < -0.3 is 4.74 Å². The number of likely N-dealkylation sites (tertiary alicyclic amines) is 1. The Labute approximate surface area is 123 Å². The van der Waals surface area contributed by atoms with E-state index in [1.165, 1.54) is 38.5 Å². The molecule has 0 aromatic rings. The highest BCUT2D eigenvalue weighted by Gasteiger charge is 2.68. The Morgan fingerprint density at radius 3 is 2.75 bits per heavy atom. The summed E-state index contributed by atoms with van der Waals surface area (Å²) in [6.07, 6.45) is 8.89. The Kier molecular flexibility index (Phi) is 3.39. The third kappa shape index (κ3) is 1.71. The van der Waals surface area contributed by atoms with Crippen LogP contribution in [-0.2, 0) is 9.53 Å². The van der Waals surface area contributed by atoms with Crippen molar-refractivity contribution in [2.45, 2.75) is 77.9 Å². The van der Waals surface area contributed by atoms with E-state index < -0.39 is 0 Å². The molecule has 0 N–H and O–H groups in total. The van der Waals surface area contributed by atoms with Gasteiger partial charge in [-0.05, 0) is 37.5 Å². The van der Waals surface area contributed by atoms with E-state index in [9.17, 15) is 4.79 Å². The lowest BCUT2D eigenvalue weighted by atomic mass is 9.48.